The zero-order valence-corrected chi connectivity index (χ0v) is 24.4. The maximum atomic E-state index is 6.32. The molecule has 0 fully saturated rings. The van der Waals surface area contributed by atoms with Crippen LogP contribution >= 0.6 is 0 Å². The quantitative estimate of drug-likeness (QED) is 0.109. The molecule has 0 spiro atoms. The Hall–Kier alpha value is -2.62. The lowest BCUT2D eigenvalue weighted by Gasteiger charge is -2.18. The average molecular weight is 523 g/mol. The highest BCUT2D eigenvalue weighted by Crippen LogP contribution is 2.42. The fourth-order valence-electron chi connectivity index (χ4n) is 4.72. The van der Waals surface area contributed by atoms with E-state index in [9.17, 15) is 0 Å². The zero-order valence-electron chi connectivity index (χ0n) is 24.4. The second kappa shape index (κ2) is 17.1. The summed E-state index contributed by atoms with van der Waals surface area (Å²) in [6, 6.07) is 12.7. The first-order valence-corrected chi connectivity index (χ1v) is 15.3. The average Bonchev–Trinajstić information content (AvgIpc) is 2.94. The van der Waals surface area contributed by atoms with Crippen LogP contribution in [0.5, 0.6) is 23.0 Å². The van der Waals surface area contributed by atoms with Gasteiger partial charge < -0.3 is 18.9 Å². The summed E-state index contributed by atoms with van der Waals surface area (Å²) in [5, 5.41) is 4.29. The van der Waals surface area contributed by atoms with E-state index in [1.807, 2.05) is 0 Å². The first-order valence-electron chi connectivity index (χ1n) is 15.3. The molecule has 4 heteroatoms. The van der Waals surface area contributed by atoms with Crippen molar-refractivity contribution in [3.63, 3.8) is 0 Å². The Labute approximate surface area is 231 Å². The molecule has 0 aromatic heterocycles. The van der Waals surface area contributed by atoms with E-state index in [0.29, 0.717) is 0 Å². The van der Waals surface area contributed by atoms with Crippen molar-refractivity contribution in [2.75, 3.05) is 26.4 Å². The van der Waals surface area contributed by atoms with Gasteiger partial charge in [-0.1, -0.05) is 79.1 Å². The molecule has 0 aliphatic rings. The Bertz CT molecular complexity index is 922. The minimum atomic E-state index is 0.721. The van der Waals surface area contributed by atoms with E-state index in [-0.39, 0.29) is 0 Å². The van der Waals surface area contributed by atoms with Gasteiger partial charge in [-0.2, -0.15) is 0 Å². The Morgan fingerprint density at radius 3 is 0.816 bits per heavy atom. The highest BCUT2D eigenvalue weighted by Gasteiger charge is 2.16. The molecule has 4 nitrogen and oxygen atoms in total. The number of fused-ring (bicyclic) bond motifs is 2. The van der Waals surface area contributed by atoms with Gasteiger partial charge in [-0.25, -0.2) is 0 Å². The molecule has 0 heterocycles. The minimum absolute atomic E-state index is 0.721. The number of unbranched alkanes of at least 4 members (excludes halogenated alkanes) is 8. The summed E-state index contributed by atoms with van der Waals surface area (Å²) >= 11 is 0. The molecule has 0 saturated carbocycles. The van der Waals surface area contributed by atoms with Gasteiger partial charge in [0.2, 0.25) is 0 Å². The van der Waals surface area contributed by atoms with Gasteiger partial charge in [-0.3, -0.25) is 0 Å². The van der Waals surface area contributed by atoms with Crippen molar-refractivity contribution in [3.05, 3.63) is 36.4 Å². The van der Waals surface area contributed by atoms with Crippen molar-refractivity contribution in [3.8, 4) is 23.0 Å². The molecule has 3 aromatic rings. The van der Waals surface area contributed by atoms with Gasteiger partial charge in [0.25, 0.3) is 0 Å². The van der Waals surface area contributed by atoms with Gasteiger partial charge in [-0.05, 0) is 62.1 Å². The van der Waals surface area contributed by atoms with E-state index >= 15 is 0 Å². The Morgan fingerprint density at radius 2 is 0.605 bits per heavy atom. The van der Waals surface area contributed by atoms with Gasteiger partial charge in [0, 0.05) is 21.5 Å². The number of hydrogen-bond acceptors (Lipinski definition) is 4. The predicted octanol–water partition coefficient (Wildman–Crippen LogP) is 10.3. The van der Waals surface area contributed by atoms with Gasteiger partial charge >= 0.3 is 0 Å². The lowest BCUT2D eigenvalue weighted by molar-refractivity contribution is 0.302. The summed E-state index contributed by atoms with van der Waals surface area (Å²) < 4.78 is 25.3. The lowest BCUT2D eigenvalue weighted by atomic mass is 10.0. The van der Waals surface area contributed by atoms with Crippen molar-refractivity contribution >= 4 is 21.5 Å². The monoisotopic (exact) mass is 522 g/mol. The number of rotatable bonds is 20. The second-order valence-electron chi connectivity index (χ2n) is 10.3. The van der Waals surface area contributed by atoms with Crippen LogP contribution in [0.25, 0.3) is 21.5 Å². The number of ether oxygens (including phenoxy) is 4. The Balaban J connectivity index is 2.05. The van der Waals surface area contributed by atoms with Gasteiger partial charge in [0.1, 0.15) is 23.0 Å². The molecular weight excluding hydrogens is 472 g/mol. The molecule has 0 aliphatic carbocycles. The summed E-state index contributed by atoms with van der Waals surface area (Å²) in [6.45, 7) is 11.8. The third-order valence-corrected chi connectivity index (χ3v) is 7.01. The van der Waals surface area contributed by atoms with Gasteiger partial charge in [-0.15, -0.1) is 0 Å². The predicted molar refractivity (Wildman–Crippen MR) is 162 cm³/mol. The third kappa shape index (κ3) is 8.71. The maximum absolute atomic E-state index is 6.32. The molecule has 38 heavy (non-hydrogen) atoms. The van der Waals surface area contributed by atoms with Crippen LogP contribution in [0.1, 0.15) is 105 Å². The fraction of sp³-hybridized carbons (Fsp3) is 0.588. The number of benzene rings is 3. The molecule has 3 aromatic carbocycles. The molecule has 0 aliphatic heterocycles. The van der Waals surface area contributed by atoms with Crippen LogP contribution in [-0.4, -0.2) is 26.4 Å². The maximum Gasteiger partial charge on any atom is 0.127 e. The van der Waals surface area contributed by atoms with Crippen LogP contribution < -0.4 is 18.9 Å². The van der Waals surface area contributed by atoms with Crippen LogP contribution in [0.3, 0.4) is 0 Å². The largest absolute Gasteiger partial charge is 0.493 e. The van der Waals surface area contributed by atoms with E-state index in [4.69, 9.17) is 18.9 Å². The van der Waals surface area contributed by atoms with Crippen LogP contribution in [0.4, 0.5) is 0 Å². The highest BCUT2D eigenvalue weighted by molar-refractivity contribution is 6.07. The fourth-order valence-corrected chi connectivity index (χ4v) is 4.72. The standard InChI is InChI=1S/C34H50O4/c1-5-9-13-21-35-31-17-18-32(36-22-14-10-6-2)28-26-30-29(25-27(28)31)33(37-23-15-11-7-3)19-20-34(30)38-24-16-12-8-4/h17-20,25-26H,5-16,21-24H2,1-4H3. The Kier molecular flexibility index (Phi) is 13.4. The van der Waals surface area contributed by atoms with Crippen molar-refractivity contribution < 1.29 is 18.9 Å². The third-order valence-electron chi connectivity index (χ3n) is 7.01. The topological polar surface area (TPSA) is 36.9 Å². The van der Waals surface area contributed by atoms with Crippen molar-refractivity contribution in [1.29, 1.82) is 0 Å². The normalized spacial score (nSPS) is 11.3. The molecule has 0 bridgehead atoms. The van der Waals surface area contributed by atoms with E-state index < -0.39 is 0 Å². The second-order valence-corrected chi connectivity index (χ2v) is 10.3. The summed E-state index contributed by atoms with van der Waals surface area (Å²) in [6.07, 6.45) is 13.6. The first-order chi connectivity index (χ1) is 18.7. The lowest BCUT2D eigenvalue weighted by Crippen LogP contribution is -2.02. The summed E-state index contributed by atoms with van der Waals surface area (Å²) in [5.41, 5.74) is 0. The minimum Gasteiger partial charge on any atom is -0.493 e. The Morgan fingerprint density at radius 1 is 0.368 bits per heavy atom. The number of hydrogen-bond donors (Lipinski definition) is 0. The van der Waals surface area contributed by atoms with E-state index in [1.165, 1.54) is 51.4 Å². The summed E-state index contributed by atoms with van der Waals surface area (Å²) in [5.74, 6) is 3.63. The molecular formula is C34H50O4. The van der Waals surface area contributed by atoms with E-state index in [0.717, 1.165) is 96.7 Å². The molecule has 0 radical (unpaired) electrons. The van der Waals surface area contributed by atoms with Crippen LogP contribution in [0.2, 0.25) is 0 Å². The molecule has 0 amide bonds. The molecule has 210 valence electrons. The first kappa shape index (κ1) is 29.9. The van der Waals surface area contributed by atoms with Crippen molar-refractivity contribution in [1.82, 2.24) is 0 Å². The van der Waals surface area contributed by atoms with Crippen LogP contribution in [-0.2, 0) is 0 Å². The molecule has 0 N–H and O–H groups in total. The summed E-state index contributed by atoms with van der Waals surface area (Å²) in [4.78, 5) is 0. The SMILES string of the molecule is CCCCCOc1ccc(OCCCCC)c2cc3c(OCCCCC)ccc(OCCCCC)c3cc12. The molecule has 0 atom stereocenters. The van der Waals surface area contributed by atoms with Gasteiger partial charge in [0.15, 0.2) is 0 Å². The summed E-state index contributed by atoms with van der Waals surface area (Å²) in [7, 11) is 0. The van der Waals surface area contributed by atoms with Gasteiger partial charge in [0.05, 0.1) is 26.4 Å². The smallest absolute Gasteiger partial charge is 0.127 e. The van der Waals surface area contributed by atoms with Crippen LogP contribution in [0, 0.1) is 0 Å². The molecule has 3 rings (SSSR count). The molecule has 0 saturated heterocycles. The highest BCUT2D eigenvalue weighted by atomic mass is 16.5. The molecule has 0 unspecified atom stereocenters. The van der Waals surface area contributed by atoms with E-state index in [2.05, 4.69) is 64.1 Å². The zero-order chi connectivity index (χ0) is 27.0. The van der Waals surface area contributed by atoms with Crippen LogP contribution in [0.15, 0.2) is 36.4 Å². The van der Waals surface area contributed by atoms with E-state index in [1.54, 1.807) is 0 Å². The van der Waals surface area contributed by atoms with Crippen molar-refractivity contribution in [2.45, 2.75) is 105 Å². The van der Waals surface area contributed by atoms with Crippen molar-refractivity contribution in [2.24, 2.45) is 0 Å².